The molecule has 0 bridgehead atoms. The molecule has 1 aromatic rings. The molecule has 0 saturated heterocycles. The predicted octanol–water partition coefficient (Wildman–Crippen LogP) is 2.57. The van der Waals surface area contributed by atoms with E-state index < -0.39 is 6.10 Å². The first-order valence-electron chi connectivity index (χ1n) is 5.82. The van der Waals surface area contributed by atoms with E-state index in [1.165, 1.54) is 11.8 Å². The minimum Gasteiger partial charge on any atom is -0.391 e. The van der Waals surface area contributed by atoms with Crippen LogP contribution in [0.1, 0.15) is 13.8 Å². The second-order valence-corrected chi connectivity index (χ2v) is 5.76. The maximum atomic E-state index is 11.6. The Morgan fingerprint density at radius 2 is 2.11 bits per heavy atom. The highest BCUT2D eigenvalue weighted by Crippen LogP contribution is 2.26. The molecule has 0 aliphatic carbocycles. The summed E-state index contributed by atoms with van der Waals surface area (Å²) in [6.45, 7) is 4.12. The topological polar surface area (TPSA) is 49.3 Å². The number of aliphatic hydroxyl groups is 1. The smallest absolute Gasteiger partial charge is 0.230 e. The zero-order valence-corrected chi connectivity index (χ0v) is 12.1. The standard InChI is InChI=1S/C13H18ClNO2S/c1-9(2)11(16)7-15-13(17)8-18-12-6-4-3-5-10(12)14/h3-6,9,11,16H,7-8H2,1-2H3,(H,15,17). The van der Waals surface area contributed by atoms with Gasteiger partial charge in [-0.15, -0.1) is 11.8 Å². The van der Waals surface area contributed by atoms with Crippen molar-refractivity contribution in [2.75, 3.05) is 12.3 Å². The van der Waals surface area contributed by atoms with Crippen LogP contribution < -0.4 is 5.32 Å². The van der Waals surface area contributed by atoms with Crippen molar-refractivity contribution < 1.29 is 9.90 Å². The number of thioether (sulfide) groups is 1. The summed E-state index contributed by atoms with van der Waals surface area (Å²) in [4.78, 5) is 12.5. The number of amides is 1. The Balaban J connectivity index is 2.32. The molecular weight excluding hydrogens is 270 g/mol. The monoisotopic (exact) mass is 287 g/mol. The molecular formula is C13H18ClNO2S. The normalized spacial score (nSPS) is 12.5. The van der Waals surface area contributed by atoms with E-state index in [1.54, 1.807) is 6.07 Å². The van der Waals surface area contributed by atoms with Crippen LogP contribution in [0.5, 0.6) is 0 Å². The third-order valence-corrected chi connectivity index (χ3v) is 3.99. The third kappa shape index (κ3) is 5.29. The SMILES string of the molecule is CC(C)C(O)CNC(=O)CSc1ccccc1Cl. The summed E-state index contributed by atoms with van der Waals surface area (Å²) in [7, 11) is 0. The van der Waals surface area contributed by atoms with E-state index in [0.29, 0.717) is 17.3 Å². The van der Waals surface area contributed by atoms with Crippen molar-refractivity contribution in [1.29, 1.82) is 0 Å². The summed E-state index contributed by atoms with van der Waals surface area (Å²) in [5.74, 6) is 0.343. The van der Waals surface area contributed by atoms with Gasteiger partial charge in [0.25, 0.3) is 0 Å². The van der Waals surface area contributed by atoms with Crippen LogP contribution in [0.2, 0.25) is 5.02 Å². The minimum atomic E-state index is -0.501. The number of carbonyl (C=O) groups is 1. The van der Waals surface area contributed by atoms with Crippen molar-refractivity contribution in [2.45, 2.75) is 24.8 Å². The maximum absolute atomic E-state index is 11.6. The first kappa shape index (κ1) is 15.3. The lowest BCUT2D eigenvalue weighted by Gasteiger charge is -2.14. The van der Waals surface area contributed by atoms with E-state index in [1.807, 2.05) is 32.0 Å². The first-order chi connectivity index (χ1) is 8.50. The third-order valence-electron chi connectivity index (χ3n) is 2.47. The van der Waals surface area contributed by atoms with Gasteiger partial charge in [0.1, 0.15) is 0 Å². The van der Waals surface area contributed by atoms with Gasteiger partial charge in [-0.2, -0.15) is 0 Å². The van der Waals surface area contributed by atoms with Crippen LogP contribution in [-0.4, -0.2) is 29.4 Å². The average molecular weight is 288 g/mol. The summed E-state index contributed by atoms with van der Waals surface area (Å²) in [6, 6.07) is 7.41. The Kier molecular flexibility index (Phi) is 6.54. The second-order valence-electron chi connectivity index (χ2n) is 4.33. The highest BCUT2D eigenvalue weighted by molar-refractivity contribution is 8.00. The van der Waals surface area contributed by atoms with Crippen molar-refractivity contribution in [2.24, 2.45) is 5.92 Å². The molecule has 0 aliphatic rings. The van der Waals surface area contributed by atoms with Gasteiger partial charge in [-0.25, -0.2) is 0 Å². The van der Waals surface area contributed by atoms with E-state index in [9.17, 15) is 9.90 Å². The molecule has 0 aromatic heterocycles. The van der Waals surface area contributed by atoms with Gasteiger partial charge in [0.2, 0.25) is 5.91 Å². The molecule has 0 heterocycles. The van der Waals surface area contributed by atoms with Gasteiger partial charge in [-0.3, -0.25) is 4.79 Å². The molecule has 1 atom stereocenters. The fraction of sp³-hybridized carbons (Fsp3) is 0.462. The largest absolute Gasteiger partial charge is 0.391 e. The highest BCUT2D eigenvalue weighted by atomic mass is 35.5. The molecule has 0 radical (unpaired) electrons. The van der Waals surface area contributed by atoms with Gasteiger partial charge in [-0.05, 0) is 18.1 Å². The van der Waals surface area contributed by atoms with Gasteiger partial charge in [0.15, 0.2) is 0 Å². The van der Waals surface area contributed by atoms with Crippen LogP contribution in [0.3, 0.4) is 0 Å². The van der Waals surface area contributed by atoms with Crippen molar-refractivity contribution in [3.05, 3.63) is 29.3 Å². The Labute approximate surface area is 117 Å². The van der Waals surface area contributed by atoms with Gasteiger partial charge in [0.05, 0.1) is 16.9 Å². The molecule has 1 unspecified atom stereocenters. The second kappa shape index (κ2) is 7.67. The molecule has 0 spiro atoms. The number of hydrogen-bond acceptors (Lipinski definition) is 3. The lowest BCUT2D eigenvalue weighted by Crippen LogP contribution is -2.35. The Bertz CT molecular complexity index is 398. The number of aliphatic hydroxyl groups excluding tert-OH is 1. The summed E-state index contributed by atoms with van der Waals surface area (Å²) in [6.07, 6.45) is -0.501. The van der Waals surface area contributed by atoms with Crippen LogP contribution >= 0.6 is 23.4 Å². The zero-order valence-electron chi connectivity index (χ0n) is 10.5. The average Bonchev–Trinajstić information content (AvgIpc) is 2.34. The maximum Gasteiger partial charge on any atom is 0.230 e. The predicted molar refractivity (Wildman–Crippen MR) is 76.0 cm³/mol. The van der Waals surface area contributed by atoms with Crippen molar-refractivity contribution in [3.63, 3.8) is 0 Å². The Hall–Kier alpha value is -0.710. The number of rotatable bonds is 6. The summed E-state index contributed by atoms with van der Waals surface area (Å²) < 4.78 is 0. The molecule has 18 heavy (non-hydrogen) atoms. The van der Waals surface area contributed by atoms with E-state index >= 15 is 0 Å². The van der Waals surface area contributed by atoms with Gasteiger partial charge >= 0.3 is 0 Å². The van der Waals surface area contributed by atoms with Gasteiger partial charge in [0, 0.05) is 11.4 Å². The summed E-state index contributed by atoms with van der Waals surface area (Å²) in [5.41, 5.74) is 0. The number of halogens is 1. The van der Waals surface area contributed by atoms with Crippen molar-refractivity contribution in [3.8, 4) is 0 Å². The number of carbonyl (C=O) groups excluding carboxylic acids is 1. The number of benzene rings is 1. The molecule has 100 valence electrons. The van der Waals surface area contributed by atoms with Crippen LogP contribution in [0.4, 0.5) is 0 Å². The van der Waals surface area contributed by atoms with Crippen molar-refractivity contribution in [1.82, 2.24) is 5.32 Å². The molecule has 5 heteroatoms. The zero-order chi connectivity index (χ0) is 13.5. The molecule has 1 rings (SSSR count). The quantitative estimate of drug-likeness (QED) is 0.791. The molecule has 0 fully saturated rings. The minimum absolute atomic E-state index is 0.0976. The molecule has 1 aromatic carbocycles. The van der Waals surface area contributed by atoms with Gasteiger partial charge < -0.3 is 10.4 Å². The lowest BCUT2D eigenvalue weighted by molar-refractivity contribution is -0.119. The number of hydrogen-bond donors (Lipinski definition) is 2. The van der Waals surface area contributed by atoms with E-state index in [4.69, 9.17) is 11.6 Å². The summed E-state index contributed by atoms with van der Waals surface area (Å²) >= 11 is 7.37. The number of nitrogens with one attached hydrogen (secondary N) is 1. The van der Waals surface area contributed by atoms with E-state index in [-0.39, 0.29) is 11.8 Å². The fourth-order valence-electron chi connectivity index (χ4n) is 1.21. The fourth-order valence-corrected chi connectivity index (χ4v) is 2.28. The van der Waals surface area contributed by atoms with Crippen LogP contribution in [0.25, 0.3) is 0 Å². The first-order valence-corrected chi connectivity index (χ1v) is 7.19. The molecule has 2 N–H and O–H groups in total. The molecule has 0 aliphatic heterocycles. The lowest BCUT2D eigenvalue weighted by atomic mass is 10.1. The molecule has 1 amide bonds. The molecule has 0 saturated carbocycles. The van der Waals surface area contributed by atoms with Gasteiger partial charge in [-0.1, -0.05) is 37.6 Å². The van der Waals surface area contributed by atoms with E-state index in [0.717, 1.165) is 4.90 Å². The Morgan fingerprint density at radius 3 is 2.72 bits per heavy atom. The van der Waals surface area contributed by atoms with Crippen LogP contribution in [-0.2, 0) is 4.79 Å². The summed E-state index contributed by atoms with van der Waals surface area (Å²) in [5, 5.41) is 12.9. The molecule has 3 nitrogen and oxygen atoms in total. The van der Waals surface area contributed by atoms with Crippen molar-refractivity contribution >= 4 is 29.3 Å². The van der Waals surface area contributed by atoms with Crippen LogP contribution in [0, 0.1) is 5.92 Å². The highest BCUT2D eigenvalue weighted by Gasteiger charge is 2.11. The van der Waals surface area contributed by atoms with E-state index in [2.05, 4.69) is 5.32 Å². The van der Waals surface area contributed by atoms with Crippen LogP contribution in [0.15, 0.2) is 29.2 Å². The Morgan fingerprint density at radius 1 is 1.44 bits per heavy atom.